The van der Waals surface area contributed by atoms with Gasteiger partial charge in [-0.3, -0.25) is 14.9 Å². The number of nitrogens with zero attached hydrogens (tertiary/aromatic N) is 2. The highest BCUT2D eigenvalue weighted by molar-refractivity contribution is 5.94. The highest BCUT2D eigenvalue weighted by Crippen LogP contribution is 2.33. The van der Waals surface area contributed by atoms with E-state index in [4.69, 9.17) is 9.47 Å². The summed E-state index contributed by atoms with van der Waals surface area (Å²) in [5, 5.41) is 22.7. The minimum Gasteiger partial charge on any atom is -0.490 e. The van der Waals surface area contributed by atoms with Gasteiger partial charge in [0.15, 0.2) is 11.5 Å². The molecule has 0 aromatic heterocycles. The van der Waals surface area contributed by atoms with Crippen molar-refractivity contribution in [3.8, 4) is 17.6 Å². The van der Waals surface area contributed by atoms with Crippen LogP contribution in [0.3, 0.4) is 0 Å². The molecule has 2 rings (SSSR count). The molecule has 8 nitrogen and oxygen atoms in total. The number of non-ortho nitro benzene ring substituents is 1. The lowest BCUT2D eigenvalue weighted by molar-refractivity contribution is -0.384. The number of benzene rings is 2. The van der Waals surface area contributed by atoms with Crippen LogP contribution in [0.1, 0.15) is 25.0 Å². The summed E-state index contributed by atoms with van der Waals surface area (Å²) in [5.74, 6) is 0.514. The number of nitriles is 1. The van der Waals surface area contributed by atoms with E-state index in [1.54, 1.807) is 6.07 Å². The van der Waals surface area contributed by atoms with Gasteiger partial charge in [0.1, 0.15) is 6.07 Å². The van der Waals surface area contributed by atoms with E-state index in [2.05, 4.69) is 5.32 Å². The van der Waals surface area contributed by atoms with Crippen molar-refractivity contribution in [2.45, 2.75) is 20.3 Å². The molecular formula is C19H19N3O5. The van der Waals surface area contributed by atoms with Crippen molar-refractivity contribution in [3.63, 3.8) is 0 Å². The Labute approximate surface area is 156 Å². The predicted octanol–water partition coefficient (Wildman–Crippen LogP) is 3.45. The van der Waals surface area contributed by atoms with E-state index in [0.717, 1.165) is 0 Å². The molecule has 0 saturated heterocycles. The lowest BCUT2D eigenvalue weighted by Gasteiger charge is -2.14. The van der Waals surface area contributed by atoms with Gasteiger partial charge < -0.3 is 14.8 Å². The molecular weight excluding hydrogens is 350 g/mol. The summed E-state index contributed by atoms with van der Waals surface area (Å²) in [7, 11) is 0. The van der Waals surface area contributed by atoms with Gasteiger partial charge in [0.05, 0.1) is 35.8 Å². The second-order valence-corrected chi connectivity index (χ2v) is 5.47. The van der Waals surface area contributed by atoms with Crippen LogP contribution in [0.25, 0.3) is 0 Å². The highest BCUT2D eigenvalue weighted by Gasteiger charge is 2.15. The molecule has 0 fully saturated rings. The maximum Gasteiger partial charge on any atom is 0.269 e. The fraction of sp³-hybridized carbons (Fsp3) is 0.263. The molecule has 0 saturated carbocycles. The number of hydrogen-bond acceptors (Lipinski definition) is 6. The number of anilines is 1. The third kappa shape index (κ3) is 5.19. The fourth-order valence-corrected chi connectivity index (χ4v) is 2.41. The average Bonchev–Trinajstić information content (AvgIpc) is 2.64. The van der Waals surface area contributed by atoms with Gasteiger partial charge >= 0.3 is 0 Å². The Balaban J connectivity index is 2.19. The first kappa shape index (κ1) is 19.7. The van der Waals surface area contributed by atoms with Gasteiger partial charge in [0, 0.05) is 24.3 Å². The molecule has 0 aliphatic heterocycles. The largest absolute Gasteiger partial charge is 0.490 e. The van der Waals surface area contributed by atoms with Gasteiger partial charge in [0.2, 0.25) is 5.91 Å². The third-order valence-corrected chi connectivity index (χ3v) is 3.59. The number of carbonyl (C=O) groups excluding carboxylic acids is 1. The van der Waals surface area contributed by atoms with Crippen LogP contribution in [0.4, 0.5) is 11.4 Å². The monoisotopic (exact) mass is 369 g/mol. The second-order valence-electron chi connectivity index (χ2n) is 5.47. The first-order chi connectivity index (χ1) is 13.0. The van der Waals surface area contributed by atoms with E-state index in [-0.39, 0.29) is 23.6 Å². The summed E-state index contributed by atoms with van der Waals surface area (Å²) in [4.78, 5) is 22.5. The second kappa shape index (κ2) is 9.20. The van der Waals surface area contributed by atoms with Crippen LogP contribution in [0.5, 0.6) is 11.5 Å². The molecule has 0 unspecified atom stereocenters. The van der Waals surface area contributed by atoms with Crippen LogP contribution >= 0.6 is 0 Å². The molecule has 8 heteroatoms. The lowest BCUT2D eigenvalue weighted by Crippen LogP contribution is -2.15. The summed E-state index contributed by atoms with van der Waals surface area (Å²) >= 11 is 0. The lowest BCUT2D eigenvalue weighted by atomic mass is 10.1. The van der Waals surface area contributed by atoms with Crippen LogP contribution in [0, 0.1) is 21.4 Å². The minimum atomic E-state index is -0.502. The summed E-state index contributed by atoms with van der Waals surface area (Å²) < 4.78 is 11.0. The summed E-state index contributed by atoms with van der Waals surface area (Å²) in [5.41, 5.74) is 1.14. The van der Waals surface area contributed by atoms with Gasteiger partial charge in [-0.15, -0.1) is 0 Å². The number of hydrogen-bond donors (Lipinski definition) is 1. The Hall–Kier alpha value is -3.60. The average molecular weight is 369 g/mol. The van der Waals surface area contributed by atoms with Crippen LogP contribution in [-0.4, -0.2) is 24.0 Å². The normalized spacial score (nSPS) is 9.96. The van der Waals surface area contributed by atoms with Gasteiger partial charge in [-0.25, -0.2) is 0 Å². The van der Waals surface area contributed by atoms with Crippen LogP contribution in [0.15, 0.2) is 36.4 Å². The molecule has 2 aromatic rings. The smallest absolute Gasteiger partial charge is 0.269 e. The standard InChI is InChI=1S/C19H19N3O5/c1-3-26-17-10-14(12-20)16(11-18(17)27-4-2)21-19(23)9-13-5-7-15(8-6-13)22(24)25/h5-8,10-11H,3-4,9H2,1-2H3,(H,21,23). The summed E-state index contributed by atoms with van der Waals surface area (Å²) in [6.45, 7) is 4.46. The van der Waals surface area contributed by atoms with E-state index in [9.17, 15) is 20.2 Å². The molecule has 0 aliphatic rings. The zero-order valence-corrected chi connectivity index (χ0v) is 15.0. The van der Waals surface area contributed by atoms with Crippen LogP contribution in [-0.2, 0) is 11.2 Å². The Bertz CT molecular complexity index is 872. The number of nitro groups is 1. The van der Waals surface area contributed by atoms with Crippen molar-refractivity contribution in [2.75, 3.05) is 18.5 Å². The Morgan fingerprint density at radius 3 is 2.26 bits per heavy atom. The van der Waals surface area contributed by atoms with Crippen molar-refractivity contribution in [1.29, 1.82) is 5.26 Å². The first-order valence-electron chi connectivity index (χ1n) is 8.35. The third-order valence-electron chi connectivity index (χ3n) is 3.59. The van der Waals surface area contributed by atoms with Crippen molar-refractivity contribution in [1.82, 2.24) is 0 Å². The SMILES string of the molecule is CCOc1cc(C#N)c(NC(=O)Cc2ccc([N+](=O)[O-])cc2)cc1OCC. The number of nitrogens with one attached hydrogen (secondary N) is 1. The highest BCUT2D eigenvalue weighted by atomic mass is 16.6. The molecule has 0 aliphatic carbocycles. The first-order valence-corrected chi connectivity index (χ1v) is 8.35. The Kier molecular flexibility index (Phi) is 6.72. The zero-order chi connectivity index (χ0) is 19.8. The molecule has 0 radical (unpaired) electrons. The van der Waals surface area contributed by atoms with Crippen LogP contribution in [0.2, 0.25) is 0 Å². The zero-order valence-electron chi connectivity index (χ0n) is 15.0. The summed E-state index contributed by atoms with van der Waals surface area (Å²) in [6, 6.07) is 10.8. The van der Waals surface area contributed by atoms with Crippen LogP contribution < -0.4 is 14.8 Å². The number of rotatable bonds is 8. The van der Waals surface area contributed by atoms with Crippen molar-refractivity contribution < 1.29 is 19.2 Å². The molecule has 0 heterocycles. The van der Waals surface area contributed by atoms with E-state index < -0.39 is 4.92 Å². The topological polar surface area (TPSA) is 114 Å². The quantitative estimate of drug-likeness (QED) is 0.563. The molecule has 2 aromatic carbocycles. The maximum absolute atomic E-state index is 12.3. The molecule has 0 spiro atoms. The molecule has 27 heavy (non-hydrogen) atoms. The number of nitro benzene ring substituents is 1. The summed E-state index contributed by atoms with van der Waals surface area (Å²) in [6.07, 6.45) is 0.0139. The van der Waals surface area contributed by atoms with Gasteiger partial charge in [0.25, 0.3) is 5.69 Å². The van der Waals surface area contributed by atoms with Gasteiger partial charge in [-0.05, 0) is 19.4 Å². The number of carbonyl (C=O) groups is 1. The molecule has 140 valence electrons. The Morgan fingerprint density at radius 2 is 1.74 bits per heavy atom. The molecule has 0 atom stereocenters. The predicted molar refractivity (Wildman–Crippen MR) is 98.9 cm³/mol. The fourth-order valence-electron chi connectivity index (χ4n) is 2.41. The van der Waals surface area contributed by atoms with E-state index in [0.29, 0.717) is 36.0 Å². The van der Waals surface area contributed by atoms with Crippen molar-refractivity contribution >= 4 is 17.3 Å². The maximum atomic E-state index is 12.3. The van der Waals surface area contributed by atoms with E-state index >= 15 is 0 Å². The van der Waals surface area contributed by atoms with Crippen molar-refractivity contribution in [2.24, 2.45) is 0 Å². The van der Waals surface area contributed by atoms with Crippen molar-refractivity contribution in [3.05, 3.63) is 57.6 Å². The Morgan fingerprint density at radius 1 is 1.15 bits per heavy atom. The minimum absolute atomic E-state index is 0.0139. The number of ether oxygens (including phenoxy) is 2. The molecule has 1 amide bonds. The number of amides is 1. The van der Waals surface area contributed by atoms with E-state index in [1.807, 2.05) is 19.9 Å². The van der Waals surface area contributed by atoms with E-state index in [1.165, 1.54) is 30.3 Å². The molecule has 1 N–H and O–H groups in total. The van der Waals surface area contributed by atoms with Gasteiger partial charge in [-0.2, -0.15) is 5.26 Å². The molecule has 0 bridgehead atoms. The van der Waals surface area contributed by atoms with Gasteiger partial charge in [-0.1, -0.05) is 12.1 Å².